The van der Waals surface area contributed by atoms with Crippen molar-refractivity contribution in [1.29, 1.82) is 0 Å². The maximum absolute atomic E-state index is 12.9. The lowest BCUT2D eigenvalue weighted by Gasteiger charge is -2.45. The number of carbonyl (C=O) groups is 1. The van der Waals surface area contributed by atoms with Crippen molar-refractivity contribution in [3.05, 3.63) is 65.0 Å². The molecule has 1 amide bonds. The normalized spacial score (nSPS) is 18.7. The van der Waals surface area contributed by atoms with E-state index in [0.717, 1.165) is 12.0 Å². The fraction of sp³-hybridized carbons (Fsp3) is 0.333. The molecule has 0 bridgehead atoms. The third-order valence-corrected chi connectivity index (χ3v) is 5.14. The van der Waals surface area contributed by atoms with E-state index in [1.807, 2.05) is 6.07 Å². The van der Waals surface area contributed by atoms with Crippen LogP contribution in [0.5, 0.6) is 0 Å². The molecule has 136 valence electrons. The first-order valence-corrected chi connectivity index (χ1v) is 8.75. The average molecular weight is 353 g/mol. The van der Waals surface area contributed by atoms with Gasteiger partial charge in [-0.1, -0.05) is 13.0 Å². The fourth-order valence-electron chi connectivity index (χ4n) is 3.51. The van der Waals surface area contributed by atoms with Gasteiger partial charge >= 0.3 is 0 Å². The Labute approximate surface area is 153 Å². The van der Waals surface area contributed by atoms with Gasteiger partial charge in [-0.25, -0.2) is 9.82 Å². The zero-order valence-corrected chi connectivity index (χ0v) is 15.6. The third kappa shape index (κ3) is 3.62. The molecule has 4 nitrogen and oxygen atoms in total. The van der Waals surface area contributed by atoms with Gasteiger partial charge in [0.05, 0.1) is 6.21 Å². The van der Waals surface area contributed by atoms with Gasteiger partial charge in [0.2, 0.25) is 0 Å². The Morgan fingerprint density at radius 1 is 1.27 bits per heavy atom. The lowest BCUT2D eigenvalue weighted by Crippen LogP contribution is -2.45. The van der Waals surface area contributed by atoms with Gasteiger partial charge in [-0.3, -0.25) is 4.79 Å². The Balaban J connectivity index is 1.73. The highest BCUT2D eigenvalue weighted by molar-refractivity contribution is 5.94. The Morgan fingerprint density at radius 3 is 2.65 bits per heavy atom. The number of nitrogens with zero attached hydrogens (tertiary/aromatic N) is 2. The van der Waals surface area contributed by atoms with Crippen molar-refractivity contribution in [2.75, 3.05) is 11.9 Å². The first kappa shape index (κ1) is 18.1. The second-order valence-electron chi connectivity index (χ2n) is 7.50. The summed E-state index contributed by atoms with van der Waals surface area (Å²) in [6.07, 6.45) is 2.71. The molecule has 1 aliphatic heterocycles. The highest BCUT2D eigenvalue weighted by Gasteiger charge is 2.33. The molecule has 2 aromatic carbocycles. The van der Waals surface area contributed by atoms with Crippen LogP contribution in [0, 0.1) is 5.82 Å². The summed E-state index contributed by atoms with van der Waals surface area (Å²) in [6.45, 7) is 6.75. The number of hydrazone groups is 1. The number of nitrogens with one attached hydrogen (secondary N) is 1. The summed E-state index contributed by atoms with van der Waals surface area (Å²) < 4.78 is 12.9. The SMILES string of the molecule is C[C@H]1CC(C)(C)N(C)c2ccc(/C=N\NC(=O)c3ccc(F)cc3)cc21. The maximum Gasteiger partial charge on any atom is 0.271 e. The van der Waals surface area contributed by atoms with E-state index >= 15 is 0 Å². The minimum Gasteiger partial charge on any atom is -0.369 e. The van der Waals surface area contributed by atoms with Crippen LogP contribution in [0.25, 0.3) is 0 Å². The molecular weight excluding hydrogens is 329 g/mol. The van der Waals surface area contributed by atoms with Crippen LogP contribution in [0.1, 0.15) is 54.6 Å². The molecule has 5 heteroatoms. The minimum atomic E-state index is -0.374. The van der Waals surface area contributed by atoms with Crippen molar-refractivity contribution in [2.24, 2.45) is 5.10 Å². The van der Waals surface area contributed by atoms with Crippen molar-refractivity contribution in [2.45, 2.75) is 38.6 Å². The number of carbonyl (C=O) groups excluding carboxylic acids is 1. The molecule has 0 aliphatic carbocycles. The summed E-state index contributed by atoms with van der Waals surface area (Å²) in [4.78, 5) is 14.3. The maximum atomic E-state index is 12.9. The van der Waals surface area contributed by atoms with Crippen LogP contribution < -0.4 is 10.3 Å². The standard InChI is InChI=1S/C21H24FN3O/c1-14-12-21(2,3)25(4)19-10-5-15(11-18(14)19)13-23-24-20(26)16-6-8-17(22)9-7-16/h5-11,13-14H,12H2,1-4H3,(H,24,26)/b23-13-/t14-/m0/s1. The second-order valence-corrected chi connectivity index (χ2v) is 7.50. The number of hydrogen-bond acceptors (Lipinski definition) is 3. The quantitative estimate of drug-likeness (QED) is 0.660. The lowest BCUT2D eigenvalue weighted by atomic mass is 9.80. The predicted octanol–water partition coefficient (Wildman–Crippen LogP) is 4.31. The molecule has 2 aromatic rings. The van der Waals surface area contributed by atoms with Gasteiger partial charge in [0, 0.05) is 23.8 Å². The van der Waals surface area contributed by atoms with E-state index in [-0.39, 0.29) is 17.3 Å². The van der Waals surface area contributed by atoms with E-state index < -0.39 is 0 Å². The van der Waals surface area contributed by atoms with Crippen molar-refractivity contribution in [3.63, 3.8) is 0 Å². The van der Waals surface area contributed by atoms with Crippen LogP contribution in [-0.2, 0) is 0 Å². The van der Waals surface area contributed by atoms with Crippen LogP contribution >= 0.6 is 0 Å². The molecule has 0 saturated carbocycles. The van der Waals surface area contributed by atoms with Crippen LogP contribution in [0.2, 0.25) is 0 Å². The molecule has 26 heavy (non-hydrogen) atoms. The molecule has 1 N–H and O–H groups in total. The number of hydrogen-bond donors (Lipinski definition) is 1. The molecule has 0 saturated heterocycles. The first-order chi connectivity index (χ1) is 12.3. The number of fused-ring (bicyclic) bond motifs is 1. The molecule has 0 unspecified atom stereocenters. The van der Waals surface area contributed by atoms with Gasteiger partial charge < -0.3 is 4.90 Å². The van der Waals surface area contributed by atoms with Gasteiger partial charge in [-0.15, -0.1) is 0 Å². The molecule has 1 atom stereocenters. The monoisotopic (exact) mass is 353 g/mol. The van der Waals surface area contributed by atoms with Gasteiger partial charge in [0.25, 0.3) is 5.91 Å². The highest BCUT2D eigenvalue weighted by Crippen LogP contribution is 2.42. The zero-order valence-electron chi connectivity index (χ0n) is 15.6. The van der Waals surface area contributed by atoms with Crippen LogP contribution in [-0.4, -0.2) is 24.7 Å². The van der Waals surface area contributed by atoms with E-state index in [2.05, 4.69) is 55.4 Å². The summed E-state index contributed by atoms with van der Waals surface area (Å²) in [6, 6.07) is 11.6. The van der Waals surface area contributed by atoms with Crippen molar-refractivity contribution in [1.82, 2.24) is 5.43 Å². The minimum absolute atomic E-state index is 0.130. The van der Waals surface area contributed by atoms with Crippen LogP contribution in [0.15, 0.2) is 47.6 Å². The molecule has 0 fully saturated rings. The van der Waals surface area contributed by atoms with E-state index in [4.69, 9.17) is 0 Å². The summed E-state index contributed by atoms with van der Waals surface area (Å²) in [5, 5.41) is 4.03. The van der Waals surface area contributed by atoms with Gasteiger partial charge in [0.1, 0.15) is 5.82 Å². The Bertz CT molecular complexity index is 843. The summed E-state index contributed by atoms with van der Waals surface area (Å²) in [5.74, 6) is -0.284. The third-order valence-electron chi connectivity index (χ3n) is 5.14. The molecular formula is C21H24FN3O. The number of halogens is 1. The molecule has 1 heterocycles. The number of anilines is 1. The van der Waals surface area contributed by atoms with Gasteiger partial charge in [0.15, 0.2) is 0 Å². The average Bonchev–Trinajstić information content (AvgIpc) is 2.60. The van der Waals surface area contributed by atoms with Crippen molar-refractivity contribution in [3.8, 4) is 0 Å². The summed E-state index contributed by atoms with van der Waals surface area (Å²) in [7, 11) is 2.13. The number of rotatable bonds is 3. The molecule has 0 radical (unpaired) electrons. The molecule has 3 rings (SSSR count). The van der Waals surface area contributed by atoms with E-state index in [9.17, 15) is 9.18 Å². The van der Waals surface area contributed by atoms with E-state index in [1.165, 1.54) is 35.5 Å². The van der Waals surface area contributed by atoms with E-state index in [1.54, 1.807) is 6.21 Å². The van der Waals surface area contributed by atoms with Gasteiger partial charge in [-0.2, -0.15) is 5.10 Å². The largest absolute Gasteiger partial charge is 0.369 e. The Hall–Kier alpha value is -2.69. The zero-order chi connectivity index (χ0) is 18.9. The van der Waals surface area contributed by atoms with Crippen LogP contribution in [0.3, 0.4) is 0 Å². The summed E-state index contributed by atoms with van der Waals surface area (Å²) in [5.41, 5.74) is 6.44. The lowest BCUT2D eigenvalue weighted by molar-refractivity contribution is 0.0955. The number of benzene rings is 2. The number of amides is 1. The smallest absolute Gasteiger partial charge is 0.271 e. The fourth-order valence-corrected chi connectivity index (χ4v) is 3.51. The van der Waals surface area contributed by atoms with E-state index in [0.29, 0.717) is 11.5 Å². The van der Waals surface area contributed by atoms with Gasteiger partial charge in [-0.05, 0) is 73.7 Å². The highest BCUT2D eigenvalue weighted by atomic mass is 19.1. The molecule has 1 aliphatic rings. The second kappa shape index (κ2) is 6.90. The predicted molar refractivity (Wildman–Crippen MR) is 103 cm³/mol. The first-order valence-electron chi connectivity index (χ1n) is 8.75. The summed E-state index contributed by atoms with van der Waals surface area (Å²) >= 11 is 0. The molecule has 0 aromatic heterocycles. The topological polar surface area (TPSA) is 44.7 Å². The van der Waals surface area contributed by atoms with Crippen molar-refractivity contribution < 1.29 is 9.18 Å². The van der Waals surface area contributed by atoms with Crippen LogP contribution in [0.4, 0.5) is 10.1 Å². The van der Waals surface area contributed by atoms with Crippen molar-refractivity contribution >= 4 is 17.8 Å². The Kier molecular flexibility index (Phi) is 4.81. The Morgan fingerprint density at radius 2 is 1.96 bits per heavy atom. The molecule has 0 spiro atoms.